The summed E-state index contributed by atoms with van der Waals surface area (Å²) in [6, 6.07) is 0. The number of carbonyl (C=O) groups is 1. The van der Waals surface area contributed by atoms with E-state index in [0.29, 0.717) is 12.5 Å². The Bertz CT molecular complexity index is 262. The van der Waals surface area contributed by atoms with E-state index in [9.17, 15) is 4.79 Å². The van der Waals surface area contributed by atoms with Crippen molar-refractivity contribution in [2.75, 3.05) is 33.2 Å². The summed E-state index contributed by atoms with van der Waals surface area (Å²) in [6.45, 7) is 7.14. The van der Waals surface area contributed by atoms with Gasteiger partial charge >= 0.3 is 0 Å². The third-order valence-corrected chi connectivity index (χ3v) is 2.23. The summed E-state index contributed by atoms with van der Waals surface area (Å²) in [5.41, 5.74) is 0. The Labute approximate surface area is 86.1 Å². The second-order valence-corrected chi connectivity index (χ2v) is 4.00. The van der Waals surface area contributed by atoms with Crippen LogP contribution in [0.25, 0.3) is 0 Å². The predicted octanol–water partition coefficient (Wildman–Crippen LogP) is 0.420. The van der Waals surface area contributed by atoms with Crippen LogP contribution in [0.3, 0.4) is 0 Å². The van der Waals surface area contributed by atoms with Crippen molar-refractivity contribution in [1.29, 1.82) is 0 Å². The number of amides is 1. The lowest BCUT2D eigenvalue weighted by atomic mass is 10.2. The van der Waals surface area contributed by atoms with Gasteiger partial charge in [0, 0.05) is 26.1 Å². The fourth-order valence-corrected chi connectivity index (χ4v) is 1.30. The summed E-state index contributed by atoms with van der Waals surface area (Å²) in [5.74, 6) is 6.81. The van der Waals surface area contributed by atoms with Crippen LogP contribution in [0.15, 0.2) is 0 Å². The Morgan fingerprint density at radius 2 is 2.14 bits per heavy atom. The average Bonchev–Trinajstić information content (AvgIpc) is 2.10. The summed E-state index contributed by atoms with van der Waals surface area (Å²) < 4.78 is 0. The predicted molar refractivity (Wildman–Crippen MR) is 56.7 cm³/mol. The first-order chi connectivity index (χ1) is 6.59. The molecule has 0 aromatic carbocycles. The molecule has 0 aliphatic carbocycles. The smallest absolute Gasteiger partial charge is 0.236 e. The minimum Gasteiger partial charge on any atom is -0.343 e. The van der Waals surface area contributed by atoms with E-state index in [-0.39, 0.29) is 5.91 Å². The largest absolute Gasteiger partial charge is 0.343 e. The van der Waals surface area contributed by atoms with Gasteiger partial charge in [-0.15, -0.1) is 0 Å². The lowest BCUT2D eigenvalue weighted by Gasteiger charge is -2.30. The van der Waals surface area contributed by atoms with Crippen molar-refractivity contribution in [1.82, 2.24) is 9.80 Å². The highest BCUT2D eigenvalue weighted by atomic mass is 16.2. The van der Waals surface area contributed by atoms with Crippen LogP contribution >= 0.6 is 0 Å². The Morgan fingerprint density at radius 3 is 2.71 bits per heavy atom. The molecular formula is C11H18N2O. The molecule has 0 spiro atoms. The zero-order chi connectivity index (χ0) is 10.6. The van der Waals surface area contributed by atoms with Crippen LogP contribution in [0, 0.1) is 17.8 Å². The monoisotopic (exact) mass is 194 g/mol. The van der Waals surface area contributed by atoms with Crippen molar-refractivity contribution >= 4 is 5.91 Å². The molecule has 78 valence electrons. The number of nitrogens with zero attached hydrogens (tertiary/aromatic N) is 2. The van der Waals surface area contributed by atoms with Gasteiger partial charge in [0.1, 0.15) is 0 Å². The van der Waals surface area contributed by atoms with Gasteiger partial charge in [0.15, 0.2) is 0 Å². The van der Waals surface area contributed by atoms with Gasteiger partial charge in [-0.1, -0.05) is 25.7 Å². The molecule has 3 heteroatoms. The molecular weight excluding hydrogens is 176 g/mol. The number of rotatable bonds is 1. The minimum absolute atomic E-state index is 0.197. The van der Waals surface area contributed by atoms with Gasteiger partial charge in [0.25, 0.3) is 0 Å². The molecule has 1 fully saturated rings. The summed E-state index contributed by atoms with van der Waals surface area (Å²) in [4.78, 5) is 15.2. The molecule has 0 aromatic rings. The highest BCUT2D eigenvalue weighted by molar-refractivity contribution is 5.78. The normalized spacial score (nSPS) is 18.3. The SMILES string of the molecule is CC(C)C#CCN1CCN(C)C(=O)C1. The van der Waals surface area contributed by atoms with Crippen LogP contribution in [-0.2, 0) is 4.79 Å². The molecule has 1 heterocycles. The van der Waals surface area contributed by atoms with E-state index < -0.39 is 0 Å². The molecule has 0 saturated carbocycles. The second kappa shape index (κ2) is 5.02. The van der Waals surface area contributed by atoms with Crippen molar-refractivity contribution in [3.05, 3.63) is 0 Å². The topological polar surface area (TPSA) is 23.6 Å². The third-order valence-electron chi connectivity index (χ3n) is 2.23. The zero-order valence-corrected chi connectivity index (χ0v) is 9.21. The maximum absolute atomic E-state index is 11.3. The lowest BCUT2D eigenvalue weighted by molar-refractivity contribution is -0.134. The lowest BCUT2D eigenvalue weighted by Crippen LogP contribution is -2.48. The van der Waals surface area contributed by atoms with Gasteiger partial charge < -0.3 is 4.90 Å². The molecule has 0 N–H and O–H groups in total. The van der Waals surface area contributed by atoms with Gasteiger partial charge in [0.2, 0.25) is 5.91 Å². The van der Waals surface area contributed by atoms with Crippen LogP contribution in [0.1, 0.15) is 13.8 Å². The van der Waals surface area contributed by atoms with Crippen LogP contribution in [0.4, 0.5) is 0 Å². The van der Waals surface area contributed by atoms with Crippen LogP contribution in [0.5, 0.6) is 0 Å². The van der Waals surface area contributed by atoms with E-state index in [0.717, 1.165) is 19.6 Å². The molecule has 1 amide bonds. The first-order valence-electron chi connectivity index (χ1n) is 5.04. The second-order valence-electron chi connectivity index (χ2n) is 4.00. The molecule has 0 aromatic heterocycles. The highest BCUT2D eigenvalue weighted by Crippen LogP contribution is 1.99. The van der Waals surface area contributed by atoms with Gasteiger partial charge in [0.05, 0.1) is 13.1 Å². The molecule has 0 unspecified atom stereocenters. The summed E-state index contributed by atoms with van der Waals surface area (Å²) in [7, 11) is 1.85. The van der Waals surface area contributed by atoms with Crippen LogP contribution < -0.4 is 0 Å². The van der Waals surface area contributed by atoms with Crippen molar-refractivity contribution in [2.24, 2.45) is 5.92 Å². The summed E-state index contributed by atoms with van der Waals surface area (Å²) in [6.07, 6.45) is 0. The maximum atomic E-state index is 11.3. The number of carbonyl (C=O) groups excluding carboxylic acids is 1. The van der Waals surface area contributed by atoms with E-state index in [4.69, 9.17) is 0 Å². The van der Waals surface area contributed by atoms with Crippen molar-refractivity contribution in [3.63, 3.8) is 0 Å². The molecule has 0 bridgehead atoms. The Hall–Kier alpha value is -1.01. The maximum Gasteiger partial charge on any atom is 0.236 e. The quantitative estimate of drug-likeness (QED) is 0.565. The first-order valence-corrected chi connectivity index (χ1v) is 5.04. The van der Waals surface area contributed by atoms with Crippen molar-refractivity contribution in [3.8, 4) is 11.8 Å². The molecule has 14 heavy (non-hydrogen) atoms. The van der Waals surface area contributed by atoms with Crippen molar-refractivity contribution in [2.45, 2.75) is 13.8 Å². The third kappa shape index (κ3) is 3.39. The van der Waals surface area contributed by atoms with Gasteiger partial charge in [-0.25, -0.2) is 0 Å². The van der Waals surface area contributed by atoms with E-state index in [1.807, 2.05) is 7.05 Å². The van der Waals surface area contributed by atoms with Crippen molar-refractivity contribution < 1.29 is 4.79 Å². The van der Waals surface area contributed by atoms with E-state index >= 15 is 0 Å². The summed E-state index contributed by atoms with van der Waals surface area (Å²) >= 11 is 0. The van der Waals surface area contributed by atoms with Gasteiger partial charge in [-0.2, -0.15) is 0 Å². The fraction of sp³-hybridized carbons (Fsp3) is 0.727. The number of hydrogen-bond donors (Lipinski definition) is 0. The number of likely N-dealkylation sites (N-methyl/N-ethyl adjacent to an activating group) is 1. The molecule has 3 nitrogen and oxygen atoms in total. The fourth-order valence-electron chi connectivity index (χ4n) is 1.30. The molecule has 1 rings (SSSR count). The van der Waals surface area contributed by atoms with E-state index in [2.05, 4.69) is 30.6 Å². The van der Waals surface area contributed by atoms with Crippen LogP contribution in [0.2, 0.25) is 0 Å². The van der Waals surface area contributed by atoms with E-state index in [1.54, 1.807) is 4.90 Å². The molecule has 1 saturated heterocycles. The Balaban J connectivity index is 2.35. The van der Waals surface area contributed by atoms with Gasteiger partial charge in [-0.3, -0.25) is 9.69 Å². The summed E-state index contributed by atoms with van der Waals surface area (Å²) in [5, 5.41) is 0. The number of piperazine rings is 1. The first kappa shape index (κ1) is 11.1. The molecule has 0 radical (unpaired) electrons. The number of hydrogen-bond acceptors (Lipinski definition) is 2. The molecule has 1 aliphatic rings. The average molecular weight is 194 g/mol. The minimum atomic E-state index is 0.197. The van der Waals surface area contributed by atoms with E-state index in [1.165, 1.54) is 0 Å². The van der Waals surface area contributed by atoms with Crippen LogP contribution in [-0.4, -0.2) is 48.9 Å². The highest BCUT2D eigenvalue weighted by Gasteiger charge is 2.19. The van der Waals surface area contributed by atoms with Gasteiger partial charge in [-0.05, 0) is 0 Å². The molecule has 1 aliphatic heterocycles. The zero-order valence-electron chi connectivity index (χ0n) is 9.21. The molecule has 0 atom stereocenters. The standard InChI is InChI=1S/C11H18N2O/c1-10(2)5-4-6-13-8-7-12(3)11(14)9-13/h10H,6-9H2,1-3H3. The Morgan fingerprint density at radius 1 is 1.43 bits per heavy atom. The Kier molecular flexibility index (Phi) is 3.97.